The van der Waals surface area contributed by atoms with E-state index in [-0.39, 0.29) is 10.8 Å². The summed E-state index contributed by atoms with van der Waals surface area (Å²) >= 11 is 3.59. The molecule has 0 aromatic carbocycles. The first-order valence-corrected chi connectivity index (χ1v) is 7.26. The Kier molecular flexibility index (Phi) is 3.56. The summed E-state index contributed by atoms with van der Waals surface area (Å²) in [5.74, 6) is 0. The summed E-state index contributed by atoms with van der Waals surface area (Å²) in [7, 11) is 0. The van der Waals surface area contributed by atoms with Crippen LogP contribution in [-0.4, -0.2) is 11.2 Å². The highest BCUT2D eigenvalue weighted by Crippen LogP contribution is 2.39. The molecule has 3 heteroatoms. The smallest absolute Gasteiger partial charge is 0.150 e. The van der Waals surface area contributed by atoms with E-state index in [1.807, 2.05) is 11.3 Å². The van der Waals surface area contributed by atoms with E-state index in [1.165, 1.54) is 14.9 Å². The lowest BCUT2D eigenvalue weighted by Gasteiger charge is -2.24. The maximum absolute atomic E-state index is 4.75. The third-order valence-corrected chi connectivity index (χ3v) is 4.64. The molecule has 0 aliphatic heterocycles. The van der Waals surface area contributed by atoms with Crippen molar-refractivity contribution in [3.8, 4) is 0 Å². The van der Waals surface area contributed by atoms with Crippen LogP contribution in [0.2, 0.25) is 0 Å². The normalized spacial score (nSPS) is 13.3. The fourth-order valence-electron chi connectivity index (χ4n) is 1.40. The molecule has 0 bridgehead atoms. The van der Waals surface area contributed by atoms with Crippen molar-refractivity contribution in [2.24, 2.45) is 0 Å². The molecule has 1 nitrogen and oxygen atoms in total. The van der Waals surface area contributed by atoms with Crippen molar-refractivity contribution in [2.45, 2.75) is 56.7 Å². The molecule has 86 valence electrons. The molecule has 1 aromatic rings. The van der Waals surface area contributed by atoms with Gasteiger partial charge < -0.3 is 0 Å². The lowest BCUT2D eigenvalue weighted by Crippen LogP contribution is -2.20. The average molecular weight is 243 g/mol. The fourth-order valence-corrected chi connectivity index (χ4v) is 3.24. The summed E-state index contributed by atoms with van der Waals surface area (Å²) in [6.45, 7) is 13.5. The van der Waals surface area contributed by atoms with E-state index in [0.29, 0.717) is 0 Å². The van der Waals surface area contributed by atoms with Crippen LogP contribution >= 0.6 is 23.1 Å². The summed E-state index contributed by atoms with van der Waals surface area (Å²) < 4.78 is 1.19. The Morgan fingerprint density at radius 2 is 1.53 bits per heavy atom. The molecule has 0 fully saturated rings. The Morgan fingerprint density at radius 3 is 1.80 bits per heavy atom. The zero-order chi connectivity index (χ0) is 11.9. The van der Waals surface area contributed by atoms with Crippen LogP contribution in [0.15, 0.2) is 4.34 Å². The van der Waals surface area contributed by atoms with Gasteiger partial charge in [-0.05, 0) is 11.7 Å². The molecule has 0 atom stereocenters. The number of hydrogen-bond donors (Lipinski definition) is 0. The monoisotopic (exact) mass is 243 g/mol. The van der Waals surface area contributed by atoms with Gasteiger partial charge in [-0.2, -0.15) is 0 Å². The Balaban J connectivity index is 3.31. The molecule has 0 saturated carbocycles. The third kappa shape index (κ3) is 2.97. The van der Waals surface area contributed by atoms with Gasteiger partial charge in [0.2, 0.25) is 0 Å². The number of thiazole rings is 1. The maximum Gasteiger partial charge on any atom is 0.150 e. The van der Waals surface area contributed by atoms with Gasteiger partial charge in [0.1, 0.15) is 4.34 Å². The minimum Gasteiger partial charge on any atom is -0.234 e. The topological polar surface area (TPSA) is 12.9 Å². The van der Waals surface area contributed by atoms with E-state index in [4.69, 9.17) is 4.98 Å². The SMILES string of the molecule is CSc1nc(C(C)(C)C)c(C(C)(C)C)s1. The Bertz CT molecular complexity index is 308. The molecule has 0 spiro atoms. The molecule has 0 amide bonds. The lowest BCUT2D eigenvalue weighted by molar-refractivity contribution is 0.525. The molecule has 15 heavy (non-hydrogen) atoms. The van der Waals surface area contributed by atoms with Crippen LogP contribution < -0.4 is 0 Å². The first-order valence-electron chi connectivity index (χ1n) is 5.22. The molecule has 0 radical (unpaired) electrons. The van der Waals surface area contributed by atoms with Crippen molar-refractivity contribution in [3.63, 3.8) is 0 Å². The van der Waals surface area contributed by atoms with Crippen molar-refractivity contribution in [1.29, 1.82) is 0 Å². The van der Waals surface area contributed by atoms with Crippen LogP contribution in [0.3, 0.4) is 0 Å². The van der Waals surface area contributed by atoms with Crippen molar-refractivity contribution in [2.75, 3.05) is 6.26 Å². The molecule has 1 heterocycles. The van der Waals surface area contributed by atoms with Crippen molar-refractivity contribution < 1.29 is 0 Å². The van der Waals surface area contributed by atoms with E-state index in [9.17, 15) is 0 Å². The van der Waals surface area contributed by atoms with Gasteiger partial charge in [0, 0.05) is 10.3 Å². The fraction of sp³-hybridized carbons (Fsp3) is 0.750. The predicted molar refractivity (Wildman–Crippen MR) is 71.3 cm³/mol. The van der Waals surface area contributed by atoms with Crippen molar-refractivity contribution in [3.05, 3.63) is 10.6 Å². The summed E-state index contributed by atoms with van der Waals surface area (Å²) in [5, 5.41) is 0. The van der Waals surface area contributed by atoms with Gasteiger partial charge in [-0.15, -0.1) is 11.3 Å². The van der Waals surface area contributed by atoms with Gasteiger partial charge in [-0.3, -0.25) is 0 Å². The van der Waals surface area contributed by atoms with Crippen LogP contribution in [-0.2, 0) is 10.8 Å². The Labute approximate surface area is 102 Å². The number of nitrogens with zero attached hydrogens (tertiary/aromatic N) is 1. The molecule has 1 rings (SSSR count). The molecule has 1 aromatic heterocycles. The number of hydrogen-bond acceptors (Lipinski definition) is 3. The highest BCUT2D eigenvalue weighted by Gasteiger charge is 2.29. The Hall–Kier alpha value is -0.0200. The van der Waals surface area contributed by atoms with Crippen LogP contribution in [0.5, 0.6) is 0 Å². The maximum atomic E-state index is 4.75. The second-order valence-electron chi connectivity index (χ2n) is 5.86. The van der Waals surface area contributed by atoms with Crippen LogP contribution in [0.1, 0.15) is 52.1 Å². The van der Waals surface area contributed by atoms with Crippen LogP contribution in [0.4, 0.5) is 0 Å². The molecule has 0 aliphatic carbocycles. The van der Waals surface area contributed by atoms with Gasteiger partial charge in [0.15, 0.2) is 0 Å². The third-order valence-electron chi connectivity index (χ3n) is 2.17. The van der Waals surface area contributed by atoms with Crippen LogP contribution in [0.25, 0.3) is 0 Å². The van der Waals surface area contributed by atoms with Crippen molar-refractivity contribution in [1.82, 2.24) is 4.98 Å². The molecular formula is C12H21NS2. The average Bonchev–Trinajstić information content (AvgIpc) is 2.44. The summed E-state index contributed by atoms with van der Waals surface area (Å²) in [6, 6.07) is 0. The van der Waals surface area contributed by atoms with Gasteiger partial charge >= 0.3 is 0 Å². The quantitative estimate of drug-likeness (QED) is 0.675. The first-order chi connectivity index (χ1) is 6.66. The molecule has 0 aliphatic rings. The molecular weight excluding hydrogens is 222 g/mol. The zero-order valence-corrected chi connectivity index (χ0v) is 12.4. The molecule has 0 unspecified atom stereocenters. The van der Waals surface area contributed by atoms with Gasteiger partial charge in [-0.1, -0.05) is 53.3 Å². The lowest BCUT2D eigenvalue weighted by atomic mass is 9.84. The van der Waals surface area contributed by atoms with Crippen molar-refractivity contribution >= 4 is 23.1 Å². The van der Waals surface area contributed by atoms with E-state index in [0.717, 1.165) is 0 Å². The predicted octanol–water partition coefficient (Wildman–Crippen LogP) is 4.46. The largest absolute Gasteiger partial charge is 0.234 e. The van der Waals surface area contributed by atoms with Crippen LogP contribution in [0, 0.1) is 0 Å². The Morgan fingerprint density at radius 1 is 1.00 bits per heavy atom. The van der Waals surface area contributed by atoms with E-state index < -0.39 is 0 Å². The van der Waals surface area contributed by atoms with E-state index >= 15 is 0 Å². The van der Waals surface area contributed by atoms with Gasteiger partial charge in [-0.25, -0.2) is 4.98 Å². The highest BCUT2D eigenvalue weighted by atomic mass is 32.2. The molecule has 0 N–H and O–H groups in total. The van der Waals surface area contributed by atoms with Gasteiger partial charge in [0.05, 0.1) is 5.69 Å². The standard InChI is InChI=1S/C12H21NS2/c1-11(2,3)8-9(12(4,5)6)15-10(13-8)14-7/h1-7H3. The number of rotatable bonds is 1. The number of thioether (sulfide) groups is 1. The zero-order valence-electron chi connectivity index (χ0n) is 10.8. The summed E-state index contributed by atoms with van der Waals surface area (Å²) in [6.07, 6.45) is 2.09. The molecule has 0 saturated heterocycles. The first kappa shape index (κ1) is 13.0. The minimum atomic E-state index is 0.146. The second-order valence-corrected chi connectivity index (χ2v) is 7.91. The highest BCUT2D eigenvalue weighted by molar-refractivity contribution is 8.00. The number of aromatic nitrogens is 1. The minimum absolute atomic E-state index is 0.146. The summed E-state index contributed by atoms with van der Waals surface area (Å²) in [4.78, 5) is 6.18. The van der Waals surface area contributed by atoms with E-state index in [1.54, 1.807) is 11.8 Å². The van der Waals surface area contributed by atoms with Gasteiger partial charge in [0.25, 0.3) is 0 Å². The summed E-state index contributed by atoms with van der Waals surface area (Å²) in [5.41, 5.74) is 1.62. The second kappa shape index (κ2) is 4.10. The van der Waals surface area contributed by atoms with E-state index in [2.05, 4.69) is 47.8 Å².